The maximum atomic E-state index is 11.9. The van der Waals surface area contributed by atoms with Crippen LogP contribution in [0.4, 0.5) is 0 Å². The lowest BCUT2D eigenvalue weighted by atomic mass is 10.2. The summed E-state index contributed by atoms with van der Waals surface area (Å²) in [7, 11) is 0. The van der Waals surface area contributed by atoms with Gasteiger partial charge in [0.05, 0.1) is 0 Å². The van der Waals surface area contributed by atoms with E-state index in [4.69, 9.17) is 0 Å². The van der Waals surface area contributed by atoms with E-state index in [2.05, 4.69) is 16.7 Å². The highest BCUT2D eigenvalue weighted by Crippen LogP contribution is 2.10. The molecule has 0 bridgehead atoms. The molecule has 2 N–H and O–H groups in total. The number of hydrogen-bond acceptors (Lipinski definition) is 4. The van der Waals surface area contributed by atoms with Gasteiger partial charge in [-0.15, -0.1) is 11.3 Å². The highest BCUT2D eigenvalue weighted by molar-refractivity contribution is 7.99. The Morgan fingerprint density at radius 1 is 1.56 bits per heavy atom. The summed E-state index contributed by atoms with van der Waals surface area (Å²) in [6, 6.07) is 3.68. The number of amides is 2. The van der Waals surface area contributed by atoms with Gasteiger partial charge in [-0.25, -0.2) is 0 Å². The Labute approximate surface area is 115 Å². The fourth-order valence-electron chi connectivity index (χ4n) is 1.70. The van der Waals surface area contributed by atoms with Crippen molar-refractivity contribution in [2.45, 2.75) is 18.9 Å². The number of thioether (sulfide) groups is 1. The third kappa shape index (κ3) is 4.03. The van der Waals surface area contributed by atoms with Crippen LogP contribution in [0.1, 0.15) is 11.3 Å². The van der Waals surface area contributed by atoms with Gasteiger partial charge in [0.2, 0.25) is 11.8 Å². The van der Waals surface area contributed by atoms with E-state index in [0.717, 1.165) is 12.2 Å². The second-order valence-electron chi connectivity index (χ2n) is 4.07. The van der Waals surface area contributed by atoms with Gasteiger partial charge in [0.1, 0.15) is 6.04 Å². The Morgan fingerprint density at radius 3 is 3.22 bits per heavy atom. The number of rotatable bonds is 4. The van der Waals surface area contributed by atoms with Gasteiger partial charge >= 0.3 is 0 Å². The van der Waals surface area contributed by atoms with Crippen molar-refractivity contribution in [3.63, 3.8) is 0 Å². The topological polar surface area (TPSA) is 58.2 Å². The molecular weight excluding hydrogens is 268 g/mol. The Morgan fingerprint density at radius 2 is 2.44 bits per heavy atom. The third-order valence-corrected chi connectivity index (χ3v) is 4.66. The summed E-state index contributed by atoms with van der Waals surface area (Å²) in [5, 5.41) is 7.66. The first-order valence-electron chi connectivity index (χ1n) is 5.93. The van der Waals surface area contributed by atoms with Gasteiger partial charge in [0, 0.05) is 29.3 Å². The van der Waals surface area contributed by atoms with Crippen LogP contribution in [-0.4, -0.2) is 35.9 Å². The number of hydrogen-bond donors (Lipinski definition) is 2. The predicted molar refractivity (Wildman–Crippen MR) is 74.9 cm³/mol. The number of nitrogens with one attached hydrogen (secondary N) is 2. The molecule has 0 unspecified atom stereocenters. The van der Waals surface area contributed by atoms with Gasteiger partial charge in [0.25, 0.3) is 0 Å². The van der Waals surface area contributed by atoms with Gasteiger partial charge in [-0.1, -0.05) is 6.07 Å². The largest absolute Gasteiger partial charge is 0.354 e. The van der Waals surface area contributed by atoms with Crippen molar-refractivity contribution in [2.75, 3.05) is 18.1 Å². The van der Waals surface area contributed by atoms with Crippen LogP contribution in [0.5, 0.6) is 0 Å². The Bertz CT molecular complexity index is 406. The Hall–Kier alpha value is -1.01. The van der Waals surface area contributed by atoms with E-state index >= 15 is 0 Å². The number of carbonyl (C=O) groups is 2. The third-order valence-electron chi connectivity index (χ3n) is 2.66. The fourth-order valence-corrected chi connectivity index (χ4v) is 3.38. The van der Waals surface area contributed by atoms with Crippen molar-refractivity contribution in [1.29, 1.82) is 0 Å². The SMILES string of the molecule is O=C1CCSC[C@@H](C(=O)NCCc2cccs2)N1. The molecule has 2 rings (SSSR count). The minimum Gasteiger partial charge on any atom is -0.354 e. The monoisotopic (exact) mass is 284 g/mol. The molecule has 1 saturated heterocycles. The van der Waals surface area contributed by atoms with E-state index in [-0.39, 0.29) is 17.9 Å². The minimum absolute atomic E-state index is 0.0293. The van der Waals surface area contributed by atoms with E-state index in [1.807, 2.05) is 11.4 Å². The molecule has 0 radical (unpaired) electrons. The summed E-state index contributed by atoms with van der Waals surface area (Å²) < 4.78 is 0. The molecule has 1 aromatic heterocycles. The van der Waals surface area contributed by atoms with Gasteiger partial charge in [-0.3, -0.25) is 9.59 Å². The Kier molecular flexibility index (Phi) is 5.07. The molecule has 0 aliphatic carbocycles. The second kappa shape index (κ2) is 6.80. The maximum Gasteiger partial charge on any atom is 0.243 e. The normalized spacial score (nSPS) is 20.0. The minimum atomic E-state index is -0.381. The van der Waals surface area contributed by atoms with E-state index in [9.17, 15) is 9.59 Å². The molecule has 4 nitrogen and oxygen atoms in total. The van der Waals surface area contributed by atoms with Crippen LogP contribution in [-0.2, 0) is 16.0 Å². The summed E-state index contributed by atoms with van der Waals surface area (Å²) in [5.41, 5.74) is 0. The lowest BCUT2D eigenvalue weighted by molar-refractivity contribution is -0.128. The smallest absolute Gasteiger partial charge is 0.243 e. The van der Waals surface area contributed by atoms with Crippen LogP contribution in [0, 0.1) is 0 Å². The van der Waals surface area contributed by atoms with Crippen molar-refractivity contribution in [2.24, 2.45) is 0 Å². The molecule has 98 valence electrons. The average molecular weight is 284 g/mol. The molecule has 2 amide bonds. The lowest BCUT2D eigenvalue weighted by Gasteiger charge is -2.14. The van der Waals surface area contributed by atoms with Crippen LogP contribution in [0.3, 0.4) is 0 Å². The molecule has 1 fully saturated rings. The van der Waals surface area contributed by atoms with Crippen molar-refractivity contribution >= 4 is 34.9 Å². The predicted octanol–water partition coefficient (Wildman–Crippen LogP) is 1.03. The van der Waals surface area contributed by atoms with Gasteiger partial charge in [0.15, 0.2) is 0 Å². The lowest BCUT2D eigenvalue weighted by Crippen LogP contribution is -2.47. The first-order valence-corrected chi connectivity index (χ1v) is 7.96. The van der Waals surface area contributed by atoms with E-state index in [1.165, 1.54) is 4.88 Å². The molecule has 0 saturated carbocycles. The maximum absolute atomic E-state index is 11.9. The summed E-state index contributed by atoms with van der Waals surface area (Å²) in [6.45, 7) is 0.621. The van der Waals surface area contributed by atoms with Crippen molar-refractivity contribution < 1.29 is 9.59 Å². The van der Waals surface area contributed by atoms with Crippen molar-refractivity contribution in [1.82, 2.24) is 10.6 Å². The summed E-state index contributed by atoms with van der Waals surface area (Å²) in [6.07, 6.45) is 1.35. The fraction of sp³-hybridized carbons (Fsp3) is 0.500. The molecule has 2 heterocycles. The molecular formula is C12H16N2O2S2. The van der Waals surface area contributed by atoms with Crippen molar-refractivity contribution in [3.05, 3.63) is 22.4 Å². The molecule has 0 aromatic carbocycles. The van der Waals surface area contributed by atoms with Gasteiger partial charge in [-0.05, 0) is 17.9 Å². The van der Waals surface area contributed by atoms with Crippen LogP contribution in [0.15, 0.2) is 17.5 Å². The molecule has 0 spiro atoms. The second-order valence-corrected chi connectivity index (χ2v) is 6.25. The van der Waals surface area contributed by atoms with Crippen LogP contribution in [0.25, 0.3) is 0 Å². The molecule has 1 aromatic rings. The number of thiophene rings is 1. The van der Waals surface area contributed by atoms with E-state index in [0.29, 0.717) is 18.7 Å². The first-order chi connectivity index (χ1) is 8.75. The summed E-state index contributed by atoms with van der Waals surface area (Å²) >= 11 is 3.33. The van der Waals surface area contributed by atoms with Gasteiger partial charge in [-0.2, -0.15) is 11.8 Å². The number of carbonyl (C=O) groups excluding carboxylic acids is 2. The highest BCUT2D eigenvalue weighted by Gasteiger charge is 2.22. The summed E-state index contributed by atoms with van der Waals surface area (Å²) in [5.74, 6) is 1.36. The summed E-state index contributed by atoms with van der Waals surface area (Å²) in [4.78, 5) is 24.5. The van der Waals surface area contributed by atoms with E-state index in [1.54, 1.807) is 23.1 Å². The molecule has 1 aliphatic rings. The van der Waals surface area contributed by atoms with Crippen LogP contribution in [0.2, 0.25) is 0 Å². The molecule has 1 aliphatic heterocycles. The Balaban J connectivity index is 1.74. The van der Waals surface area contributed by atoms with Crippen LogP contribution < -0.4 is 10.6 Å². The highest BCUT2D eigenvalue weighted by atomic mass is 32.2. The molecule has 18 heavy (non-hydrogen) atoms. The molecule has 6 heteroatoms. The van der Waals surface area contributed by atoms with Crippen molar-refractivity contribution in [3.8, 4) is 0 Å². The first kappa shape index (κ1) is 13.4. The zero-order valence-corrected chi connectivity index (χ0v) is 11.6. The molecule has 1 atom stereocenters. The average Bonchev–Trinajstić information content (AvgIpc) is 2.77. The quantitative estimate of drug-likeness (QED) is 0.868. The van der Waals surface area contributed by atoms with Crippen LogP contribution >= 0.6 is 23.1 Å². The van der Waals surface area contributed by atoms with E-state index < -0.39 is 0 Å². The van der Waals surface area contributed by atoms with Gasteiger partial charge < -0.3 is 10.6 Å². The zero-order chi connectivity index (χ0) is 12.8. The zero-order valence-electron chi connectivity index (χ0n) is 9.98. The standard InChI is InChI=1S/C12H16N2O2S2/c15-11-4-7-17-8-10(14-11)12(16)13-5-3-9-2-1-6-18-9/h1-2,6,10H,3-5,7-8H2,(H,13,16)(H,14,15)/t10-/m0/s1.